The minimum Gasteiger partial charge on any atom is -0.325 e. The Bertz CT molecular complexity index is 1320. The number of benzene rings is 2. The lowest BCUT2D eigenvalue weighted by Crippen LogP contribution is -2.25. The third kappa shape index (κ3) is 5.23. The van der Waals surface area contributed by atoms with E-state index in [0.29, 0.717) is 32.6 Å². The molecule has 0 fully saturated rings. The highest BCUT2D eigenvalue weighted by atomic mass is 35.5. The molecule has 2 aromatic heterocycles. The topological polar surface area (TPSA) is 64.0 Å². The number of thioether (sulfide) groups is 1. The van der Waals surface area contributed by atoms with Crippen molar-refractivity contribution in [3.05, 3.63) is 76.0 Å². The third-order valence-electron chi connectivity index (χ3n) is 4.66. The highest BCUT2D eigenvalue weighted by Crippen LogP contribution is 2.32. The molecule has 1 amide bonds. The minimum absolute atomic E-state index is 0.0696. The first-order chi connectivity index (χ1) is 15.4. The van der Waals surface area contributed by atoms with Crippen molar-refractivity contribution in [3.8, 4) is 10.4 Å². The van der Waals surface area contributed by atoms with E-state index in [1.54, 1.807) is 28.8 Å². The molecule has 0 unspecified atom stereocenters. The largest absolute Gasteiger partial charge is 0.325 e. The molecule has 0 spiro atoms. The zero-order valence-corrected chi connectivity index (χ0v) is 20.1. The van der Waals surface area contributed by atoms with Gasteiger partial charge >= 0.3 is 0 Å². The van der Waals surface area contributed by atoms with Gasteiger partial charge in [-0.3, -0.25) is 14.2 Å². The SMILES string of the molecule is CC(C)Cn1c(SCC(=O)Nc2cccc(Cl)c2)nc2sc(-c3ccccc3)cc2c1=O. The van der Waals surface area contributed by atoms with Crippen LogP contribution in [0.25, 0.3) is 20.7 Å². The van der Waals surface area contributed by atoms with Crippen molar-refractivity contribution in [2.75, 3.05) is 11.1 Å². The van der Waals surface area contributed by atoms with Crippen molar-refractivity contribution >= 4 is 56.5 Å². The first-order valence-electron chi connectivity index (χ1n) is 10.2. The summed E-state index contributed by atoms with van der Waals surface area (Å²) in [6.45, 7) is 4.65. The average molecular weight is 484 g/mol. The van der Waals surface area contributed by atoms with Gasteiger partial charge in [0, 0.05) is 22.1 Å². The number of hydrogen-bond acceptors (Lipinski definition) is 5. The normalized spacial score (nSPS) is 11.2. The maximum absolute atomic E-state index is 13.3. The molecule has 32 heavy (non-hydrogen) atoms. The molecule has 164 valence electrons. The van der Waals surface area contributed by atoms with Gasteiger partial charge in [-0.1, -0.05) is 73.6 Å². The zero-order chi connectivity index (χ0) is 22.7. The summed E-state index contributed by atoms with van der Waals surface area (Å²) in [4.78, 5) is 32.2. The van der Waals surface area contributed by atoms with E-state index in [1.165, 1.54) is 23.1 Å². The molecule has 0 atom stereocenters. The number of amides is 1. The van der Waals surface area contributed by atoms with Crippen LogP contribution in [0.3, 0.4) is 0 Å². The molecule has 5 nitrogen and oxygen atoms in total. The molecule has 1 N–H and O–H groups in total. The van der Waals surface area contributed by atoms with E-state index in [4.69, 9.17) is 16.6 Å². The number of fused-ring (bicyclic) bond motifs is 1. The Morgan fingerprint density at radius 3 is 2.66 bits per heavy atom. The number of anilines is 1. The molecule has 0 aliphatic carbocycles. The Hall–Kier alpha value is -2.61. The number of carbonyl (C=O) groups is 1. The van der Waals surface area contributed by atoms with E-state index in [0.717, 1.165) is 10.4 Å². The van der Waals surface area contributed by atoms with E-state index < -0.39 is 0 Å². The summed E-state index contributed by atoms with van der Waals surface area (Å²) in [7, 11) is 0. The lowest BCUT2D eigenvalue weighted by molar-refractivity contribution is -0.113. The van der Waals surface area contributed by atoms with Gasteiger partial charge in [0.05, 0.1) is 11.1 Å². The van der Waals surface area contributed by atoms with Gasteiger partial charge in [-0.15, -0.1) is 11.3 Å². The molecule has 0 aliphatic heterocycles. The minimum atomic E-state index is -0.182. The van der Waals surface area contributed by atoms with Gasteiger partial charge < -0.3 is 5.32 Å². The molecule has 0 bridgehead atoms. The molecular weight excluding hydrogens is 462 g/mol. The summed E-state index contributed by atoms with van der Waals surface area (Å²) in [5.41, 5.74) is 1.62. The van der Waals surface area contributed by atoms with Gasteiger partial charge in [-0.25, -0.2) is 4.98 Å². The van der Waals surface area contributed by atoms with Crippen LogP contribution in [0.15, 0.2) is 70.6 Å². The third-order valence-corrected chi connectivity index (χ3v) is 6.95. The van der Waals surface area contributed by atoms with Crippen molar-refractivity contribution in [2.24, 2.45) is 5.92 Å². The Labute approximate surface area is 199 Å². The molecule has 0 saturated carbocycles. The second-order valence-corrected chi connectivity index (χ2v) is 10.2. The molecule has 0 radical (unpaired) electrons. The van der Waals surface area contributed by atoms with Crippen LogP contribution < -0.4 is 10.9 Å². The zero-order valence-electron chi connectivity index (χ0n) is 17.7. The lowest BCUT2D eigenvalue weighted by atomic mass is 10.2. The fraction of sp³-hybridized carbons (Fsp3) is 0.208. The van der Waals surface area contributed by atoms with E-state index in [-0.39, 0.29) is 23.1 Å². The fourth-order valence-corrected chi connectivity index (χ4v) is 5.35. The van der Waals surface area contributed by atoms with Crippen LogP contribution in [0.1, 0.15) is 13.8 Å². The van der Waals surface area contributed by atoms with Crippen molar-refractivity contribution in [1.29, 1.82) is 0 Å². The van der Waals surface area contributed by atoms with Gasteiger partial charge in [0.2, 0.25) is 5.91 Å². The molecule has 4 aromatic rings. The quantitative estimate of drug-likeness (QED) is 0.252. The van der Waals surface area contributed by atoms with Crippen LogP contribution >= 0.6 is 34.7 Å². The molecule has 8 heteroatoms. The first-order valence-corrected chi connectivity index (χ1v) is 12.4. The Morgan fingerprint density at radius 2 is 1.94 bits per heavy atom. The van der Waals surface area contributed by atoms with Crippen LogP contribution in [0.5, 0.6) is 0 Å². The van der Waals surface area contributed by atoms with Gasteiger partial charge in [0.15, 0.2) is 5.16 Å². The van der Waals surface area contributed by atoms with Crippen LogP contribution in [0, 0.1) is 5.92 Å². The molecule has 4 rings (SSSR count). The van der Waals surface area contributed by atoms with Crippen molar-refractivity contribution < 1.29 is 4.79 Å². The van der Waals surface area contributed by atoms with Crippen LogP contribution in [0.4, 0.5) is 5.69 Å². The second-order valence-electron chi connectivity index (χ2n) is 7.75. The Morgan fingerprint density at radius 1 is 1.16 bits per heavy atom. The molecule has 0 aliphatic rings. The van der Waals surface area contributed by atoms with Crippen LogP contribution in [-0.2, 0) is 11.3 Å². The van der Waals surface area contributed by atoms with Crippen molar-refractivity contribution in [2.45, 2.75) is 25.5 Å². The molecular formula is C24H22ClN3O2S2. The number of thiophene rings is 1. The lowest BCUT2D eigenvalue weighted by Gasteiger charge is -2.13. The van der Waals surface area contributed by atoms with Gasteiger partial charge in [-0.05, 0) is 35.7 Å². The van der Waals surface area contributed by atoms with Crippen LogP contribution in [0.2, 0.25) is 5.02 Å². The molecule has 0 saturated heterocycles. The first kappa shape index (κ1) is 22.6. The maximum Gasteiger partial charge on any atom is 0.262 e. The second kappa shape index (κ2) is 9.90. The average Bonchev–Trinajstić information content (AvgIpc) is 3.19. The van der Waals surface area contributed by atoms with Gasteiger partial charge in [0.1, 0.15) is 4.83 Å². The summed E-state index contributed by atoms with van der Waals surface area (Å²) in [5, 5.41) is 4.56. The summed E-state index contributed by atoms with van der Waals surface area (Å²) >= 11 is 8.75. The molecule has 2 aromatic carbocycles. The maximum atomic E-state index is 13.3. The van der Waals surface area contributed by atoms with Gasteiger partial charge in [0.25, 0.3) is 5.56 Å². The predicted octanol–water partition coefficient (Wildman–Crippen LogP) is 6.17. The number of halogens is 1. The number of nitrogens with zero attached hydrogens (tertiary/aromatic N) is 2. The smallest absolute Gasteiger partial charge is 0.262 e. The number of aromatic nitrogens is 2. The van der Waals surface area contributed by atoms with Crippen molar-refractivity contribution in [3.63, 3.8) is 0 Å². The van der Waals surface area contributed by atoms with E-state index >= 15 is 0 Å². The number of nitrogens with one attached hydrogen (secondary N) is 1. The predicted molar refractivity (Wildman–Crippen MR) is 135 cm³/mol. The highest BCUT2D eigenvalue weighted by Gasteiger charge is 2.17. The number of hydrogen-bond donors (Lipinski definition) is 1. The summed E-state index contributed by atoms with van der Waals surface area (Å²) in [6, 6.07) is 18.9. The highest BCUT2D eigenvalue weighted by molar-refractivity contribution is 7.99. The number of rotatable bonds is 7. The summed E-state index contributed by atoms with van der Waals surface area (Å²) < 4.78 is 1.69. The Balaban J connectivity index is 1.63. The van der Waals surface area contributed by atoms with E-state index in [1.807, 2.05) is 36.4 Å². The molecule has 2 heterocycles. The van der Waals surface area contributed by atoms with Crippen LogP contribution in [-0.4, -0.2) is 21.2 Å². The monoisotopic (exact) mass is 483 g/mol. The summed E-state index contributed by atoms with van der Waals surface area (Å²) in [5.74, 6) is 0.220. The standard InChI is InChI=1S/C24H22ClN3O2S2/c1-15(2)13-28-23(30)19-12-20(16-7-4-3-5-8-16)32-22(19)27-24(28)31-14-21(29)26-18-10-6-9-17(25)11-18/h3-12,15H,13-14H2,1-2H3,(H,26,29). The Kier molecular flexibility index (Phi) is 6.98. The fourth-order valence-electron chi connectivity index (χ4n) is 3.27. The van der Waals surface area contributed by atoms with E-state index in [2.05, 4.69) is 19.2 Å². The summed E-state index contributed by atoms with van der Waals surface area (Å²) in [6.07, 6.45) is 0. The van der Waals surface area contributed by atoms with Crippen molar-refractivity contribution in [1.82, 2.24) is 9.55 Å². The van der Waals surface area contributed by atoms with Gasteiger partial charge in [-0.2, -0.15) is 0 Å². The number of carbonyl (C=O) groups excluding carboxylic acids is 1. The van der Waals surface area contributed by atoms with E-state index in [9.17, 15) is 9.59 Å².